The molecule has 1 aliphatic carbocycles. The van der Waals surface area contributed by atoms with E-state index in [9.17, 15) is 13.5 Å². The number of nitrogens with one attached hydrogen (secondary N) is 1. The van der Waals surface area contributed by atoms with Gasteiger partial charge in [-0.2, -0.15) is 5.10 Å². The Morgan fingerprint density at radius 2 is 1.93 bits per heavy atom. The summed E-state index contributed by atoms with van der Waals surface area (Å²) in [5, 5.41) is 14.9. The topological polar surface area (TPSA) is 82.0 Å². The highest BCUT2D eigenvalue weighted by molar-refractivity contribution is 7.89. The van der Waals surface area contributed by atoms with E-state index in [4.69, 9.17) is 0 Å². The zero-order valence-electron chi connectivity index (χ0n) is 16.5. The van der Waals surface area contributed by atoms with Crippen LogP contribution < -0.4 is 4.83 Å². The van der Waals surface area contributed by atoms with Gasteiger partial charge in [0.2, 0.25) is 10.0 Å². The normalized spacial score (nSPS) is 20.7. The quantitative estimate of drug-likeness (QED) is 0.596. The lowest BCUT2D eigenvalue weighted by Crippen LogP contribution is -2.36. The molecule has 0 aromatic heterocycles. The van der Waals surface area contributed by atoms with Crippen molar-refractivity contribution in [2.75, 3.05) is 25.4 Å². The summed E-state index contributed by atoms with van der Waals surface area (Å²) in [6.45, 7) is 6.19. The minimum absolute atomic E-state index is 0.0305. The second-order valence-corrected chi connectivity index (χ2v) is 8.97. The molecule has 0 heterocycles. The molecule has 1 saturated carbocycles. The SMILES string of the molecule is CCN(CC)CCS(=O)(=O)N/N=C1\CCCCC1C(O)Cc1ccccc1. The molecule has 1 aliphatic rings. The average molecular weight is 396 g/mol. The van der Waals surface area contributed by atoms with E-state index in [1.807, 2.05) is 44.2 Å². The van der Waals surface area contributed by atoms with Gasteiger partial charge < -0.3 is 10.0 Å². The number of nitrogens with zero attached hydrogens (tertiary/aromatic N) is 2. The van der Waals surface area contributed by atoms with E-state index in [1.165, 1.54) is 0 Å². The monoisotopic (exact) mass is 395 g/mol. The van der Waals surface area contributed by atoms with Gasteiger partial charge in [0.25, 0.3) is 0 Å². The minimum Gasteiger partial charge on any atom is -0.392 e. The van der Waals surface area contributed by atoms with Crippen LogP contribution in [0.15, 0.2) is 35.4 Å². The maximum atomic E-state index is 12.3. The molecule has 0 saturated heterocycles. The lowest BCUT2D eigenvalue weighted by atomic mass is 9.81. The van der Waals surface area contributed by atoms with Gasteiger partial charge >= 0.3 is 0 Å². The van der Waals surface area contributed by atoms with Crippen LogP contribution in [0.3, 0.4) is 0 Å². The smallest absolute Gasteiger partial charge is 0.248 e. The number of hydrazone groups is 1. The zero-order valence-corrected chi connectivity index (χ0v) is 17.3. The first-order valence-electron chi connectivity index (χ1n) is 9.95. The Balaban J connectivity index is 1.98. The predicted octanol–water partition coefficient (Wildman–Crippen LogP) is 2.40. The van der Waals surface area contributed by atoms with Crippen molar-refractivity contribution in [3.8, 4) is 0 Å². The molecule has 0 amide bonds. The fourth-order valence-corrected chi connectivity index (χ4v) is 4.38. The summed E-state index contributed by atoms with van der Waals surface area (Å²) in [5.74, 6) is -0.0627. The Kier molecular flexibility index (Phi) is 8.73. The van der Waals surface area contributed by atoms with Gasteiger partial charge in [0.15, 0.2) is 0 Å². The zero-order chi connectivity index (χ0) is 19.7. The van der Waals surface area contributed by atoms with Crippen LogP contribution in [0.25, 0.3) is 0 Å². The molecule has 27 heavy (non-hydrogen) atoms. The highest BCUT2D eigenvalue weighted by Gasteiger charge is 2.28. The van der Waals surface area contributed by atoms with Crippen molar-refractivity contribution < 1.29 is 13.5 Å². The number of sulfonamides is 1. The Morgan fingerprint density at radius 3 is 2.59 bits per heavy atom. The maximum Gasteiger partial charge on any atom is 0.248 e. The highest BCUT2D eigenvalue weighted by atomic mass is 32.2. The van der Waals surface area contributed by atoms with E-state index in [-0.39, 0.29) is 11.7 Å². The molecule has 2 unspecified atom stereocenters. The maximum absolute atomic E-state index is 12.3. The first kappa shape index (κ1) is 21.9. The Labute approximate surface area is 163 Å². The molecule has 7 heteroatoms. The van der Waals surface area contributed by atoms with Crippen molar-refractivity contribution >= 4 is 15.7 Å². The lowest BCUT2D eigenvalue weighted by molar-refractivity contribution is 0.128. The van der Waals surface area contributed by atoms with Crippen LogP contribution in [0.1, 0.15) is 45.1 Å². The summed E-state index contributed by atoms with van der Waals surface area (Å²) >= 11 is 0. The van der Waals surface area contributed by atoms with Gasteiger partial charge in [-0.05, 0) is 44.3 Å². The van der Waals surface area contributed by atoms with Crippen LogP contribution in [-0.4, -0.2) is 55.6 Å². The van der Waals surface area contributed by atoms with Crippen LogP contribution in [0.5, 0.6) is 0 Å². The summed E-state index contributed by atoms with van der Waals surface area (Å²) in [4.78, 5) is 4.47. The van der Waals surface area contributed by atoms with Crippen molar-refractivity contribution in [2.24, 2.45) is 11.0 Å². The van der Waals surface area contributed by atoms with Crippen LogP contribution in [-0.2, 0) is 16.4 Å². The lowest BCUT2D eigenvalue weighted by Gasteiger charge is -2.28. The molecule has 1 fully saturated rings. The number of aliphatic hydroxyl groups is 1. The standard InChI is InChI=1S/C20H33N3O3S/c1-3-23(4-2)14-15-27(25,26)22-21-19-13-9-8-12-18(19)20(24)16-17-10-6-5-7-11-17/h5-7,10-11,18,20,22,24H,3-4,8-9,12-16H2,1-2H3/b21-19+. The van der Waals surface area contributed by atoms with Crippen molar-refractivity contribution in [3.63, 3.8) is 0 Å². The fourth-order valence-electron chi connectivity index (χ4n) is 3.54. The number of hydrogen-bond donors (Lipinski definition) is 2. The van der Waals surface area contributed by atoms with Crippen molar-refractivity contribution in [1.29, 1.82) is 0 Å². The van der Waals surface area contributed by atoms with Gasteiger partial charge in [0.1, 0.15) is 0 Å². The van der Waals surface area contributed by atoms with E-state index in [2.05, 4.69) is 14.8 Å². The van der Waals surface area contributed by atoms with Crippen LogP contribution in [0, 0.1) is 5.92 Å². The molecule has 0 spiro atoms. The summed E-state index contributed by atoms with van der Waals surface area (Å²) < 4.78 is 24.5. The van der Waals surface area contributed by atoms with Gasteiger partial charge in [-0.3, -0.25) is 0 Å². The molecule has 2 N–H and O–H groups in total. The third-order valence-corrected chi connectivity index (χ3v) is 6.37. The first-order chi connectivity index (χ1) is 12.9. The number of aliphatic hydroxyl groups excluding tert-OH is 1. The summed E-state index contributed by atoms with van der Waals surface area (Å²) in [5.41, 5.74) is 1.85. The fraction of sp³-hybridized carbons (Fsp3) is 0.650. The highest BCUT2D eigenvalue weighted by Crippen LogP contribution is 2.26. The van der Waals surface area contributed by atoms with E-state index < -0.39 is 16.1 Å². The van der Waals surface area contributed by atoms with E-state index in [1.54, 1.807) is 0 Å². The molecule has 2 atom stereocenters. The average Bonchev–Trinajstić information content (AvgIpc) is 2.68. The molecular weight excluding hydrogens is 362 g/mol. The van der Waals surface area contributed by atoms with Crippen LogP contribution >= 0.6 is 0 Å². The van der Waals surface area contributed by atoms with Gasteiger partial charge in [-0.15, -0.1) is 0 Å². The Morgan fingerprint density at radius 1 is 1.22 bits per heavy atom. The van der Waals surface area contributed by atoms with Crippen molar-refractivity contribution in [3.05, 3.63) is 35.9 Å². The third-order valence-electron chi connectivity index (χ3n) is 5.28. The van der Waals surface area contributed by atoms with E-state index in [0.717, 1.165) is 50.0 Å². The van der Waals surface area contributed by atoms with Crippen molar-refractivity contribution in [2.45, 2.75) is 52.1 Å². The molecule has 6 nitrogen and oxygen atoms in total. The molecule has 2 rings (SSSR count). The molecule has 0 radical (unpaired) electrons. The van der Waals surface area contributed by atoms with Gasteiger partial charge in [-0.1, -0.05) is 50.6 Å². The summed E-state index contributed by atoms with van der Waals surface area (Å²) in [6.07, 6.45) is 3.59. The van der Waals surface area contributed by atoms with Crippen LogP contribution in [0.4, 0.5) is 0 Å². The van der Waals surface area contributed by atoms with Gasteiger partial charge in [0, 0.05) is 18.2 Å². The molecule has 0 bridgehead atoms. The Hall–Kier alpha value is -1.44. The summed E-state index contributed by atoms with van der Waals surface area (Å²) in [6, 6.07) is 9.87. The molecule has 1 aromatic rings. The second kappa shape index (κ2) is 10.8. The number of benzene rings is 1. The molecule has 1 aromatic carbocycles. The number of hydrogen-bond acceptors (Lipinski definition) is 5. The van der Waals surface area contributed by atoms with Crippen molar-refractivity contribution in [1.82, 2.24) is 9.73 Å². The number of rotatable bonds is 10. The Bertz CT molecular complexity index is 688. The first-order valence-corrected chi connectivity index (χ1v) is 11.6. The van der Waals surface area contributed by atoms with Crippen LogP contribution in [0.2, 0.25) is 0 Å². The minimum atomic E-state index is -3.47. The summed E-state index contributed by atoms with van der Waals surface area (Å²) in [7, 11) is -3.47. The van der Waals surface area contributed by atoms with Gasteiger partial charge in [-0.25, -0.2) is 13.2 Å². The van der Waals surface area contributed by atoms with Gasteiger partial charge in [0.05, 0.1) is 11.9 Å². The predicted molar refractivity (Wildman–Crippen MR) is 110 cm³/mol. The third kappa shape index (κ3) is 7.24. The molecule has 0 aliphatic heterocycles. The largest absolute Gasteiger partial charge is 0.392 e. The van der Waals surface area contributed by atoms with E-state index >= 15 is 0 Å². The van der Waals surface area contributed by atoms with E-state index in [0.29, 0.717) is 13.0 Å². The second-order valence-electron chi connectivity index (χ2n) is 7.15. The molecular formula is C20H33N3O3S. The molecule has 152 valence electrons.